The van der Waals surface area contributed by atoms with Gasteiger partial charge < -0.3 is 20.7 Å². The van der Waals surface area contributed by atoms with Crippen molar-refractivity contribution in [3.05, 3.63) is 52.8 Å². The monoisotopic (exact) mass is 392 g/mol. The summed E-state index contributed by atoms with van der Waals surface area (Å²) in [7, 11) is 0. The molecule has 0 fully saturated rings. The number of para-hydroxylation sites is 1. The molecule has 0 radical (unpaired) electrons. The third-order valence-corrected chi connectivity index (χ3v) is 3.93. The standard InChI is InChI=1S/C18H20ClN5O3/c1-24-8-12(17(23-24)14-7-16(19)22-18(20)21-14)6-11-4-2-3-5-15(11)27-10-13(26)9-25/h2-5,7-8,13,25-26H,6,9-10H2,1H3,(H2,20,21,22)/i1D3. The molecule has 27 heavy (non-hydrogen) atoms. The van der Waals surface area contributed by atoms with E-state index in [-0.39, 0.29) is 24.1 Å². The molecule has 3 aromatic rings. The molecule has 2 aromatic heterocycles. The first kappa shape index (κ1) is 15.4. The fourth-order valence-electron chi connectivity index (χ4n) is 2.55. The Morgan fingerprint density at radius 1 is 1.33 bits per heavy atom. The molecular formula is C18H20ClN5O3. The number of nitrogens with zero attached hydrogens (tertiary/aromatic N) is 4. The molecule has 1 aromatic carbocycles. The van der Waals surface area contributed by atoms with Crippen LogP contribution in [0.4, 0.5) is 5.95 Å². The molecule has 0 bridgehead atoms. The van der Waals surface area contributed by atoms with Crippen molar-refractivity contribution in [2.45, 2.75) is 12.5 Å². The molecule has 0 aliphatic carbocycles. The molecule has 8 nitrogen and oxygen atoms in total. The van der Waals surface area contributed by atoms with Crippen LogP contribution < -0.4 is 10.5 Å². The first-order chi connectivity index (χ1) is 14.2. The highest BCUT2D eigenvalue weighted by Gasteiger charge is 2.16. The van der Waals surface area contributed by atoms with Crippen LogP contribution in [0.15, 0.2) is 36.5 Å². The molecule has 3 rings (SSSR count). The van der Waals surface area contributed by atoms with Crippen molar-refractivity contribution in [1.82, 2.24) is 19.7 Å². The smallest absolute Gasteiger partial charge is 0.222 e. The SMILES string of the molecule is [2H]C([2H])([2H])n1cc(Cc2ccccc2OCC(O)CO)c(-c2cc(Cl)nc(N)n2)n1. The van der Waals surface area contributed by atoms with Gasteiger partial charge in [-0.3, -0.25) is 4.68 Å². The van der Waals surface area contributed by atoms with Gasteiger partial charge in [-0.1, -0.05) is 29.8 Å². The number of aromatic nitrogens is 4. The Labute approximate surface area is 165 Å². The van der Waals surface area contributed by atoms with Crippen molar-refractivity contribution in [3.8, 4) is 17.1 Å². The molecule has 1 unspecified atom stereocenters. The summed E-state index contributed by atoms with van der Waals surface area (Å²) in [6.07, 6.45) is 0.657. The van der Waals surface area contributed by atoms with E-state index in [0.717, 1.165) is 10.2 Å². The molecule has 0 saturated heterocycles. The van der Waals surface area contributed by atoms with Gasteiger partial charge in [0.25, 0.3) is 0 Å². The fraction of sp³-hybridized carbons (Fsp3) is 0.278. The molecule has 0 amide bonds. The minimum Gasteiger partial charge on any atom is -0.491 e. The maximum Gasteiger partial charge on any atom is 0.222 e. The van der Waals surface area contributed by atoms with Gasteiger partial charge in [0.05, 0.1) is 12.3 Å². The van der Waals surface area contributed by atoms with Gasteiger partial charge in [0.2, 0.25) is 5.95 Å². The number of rotatable bonds is 7. The number of aliphatic hydroxyl groups excluding tert-OH is 2. The highest BCUT2D eigenvalue weighted by atomic mass is 35.5. The summed E-state index contributed by atoms with van der Waals surface area (Å²) in [5.41, 5.74) is 7.55. The predicted octanol–water partition coefficient (Wildman–Crippen LogP) is 1.44. The number of aryl methyl sites for hydroxylation is 1. The molecule has 1 atom stereocenters. The van der Waals surface area contributed by atoms with Crippen LogP contribution >= 0.6 is 11.6 Å². The van der Waals surface area contributed by atoms with Crippen LogP contribution in [0.3, 0.4) is 0 Å². The Morgan fingerprint density at radius 3 is 2.89 bits per heavy atom. The van der Waals surface area contributed by atoms with E-state index >= 15 is 0 Å². The minimum atomic E-state index is -2.49. The molecule has 0 aliphatic rings. The van der Waals surface area contributed by atoms with E-state index in [1.165, 1.54) is 12.3 Å². The molecule has 0 spiro atoms. The van der Waals surface area contributed by atoms with E-state index in [9.17, 15) is 5.11 Å². The average molecular weight is 393 g/mol. The molecule has 4 N–H and O–H groups in total. The van der Waals surface area contributed by atoms with Crippen molar-refractivity contribution >= 4 is 17.5 Å². The van der Waals surface area contributed by atoms with Gasteiger partial charge in [0.1, 0.15) is 29.3 Å². The molecule has 2 heterocycles. The number of halogens is 1. The van der Waals surface area contributed by atoms with Crippen molar-refractivity contribution in [3.63, 3.8) is 0 Å². The Bertz CT molecular complexity index is 1010. The highest BCUT2D eigenvalue weighted by Crippen LogP contribution is 2.28. The molecular weight excluding hydrogens is 370 g/mol. The Hall–Kier alpha value is -2.68. The number of nitrogen functional groups attached to an aromatic ring is 1. The number of anilines is 1. The van der Waals surface area contributed by atoms with Crippen molar-refractivity contribution < 1.29 is 19.1 Å². The maximum atomic E-state index is 9.55. The van der Waals surface area contributed by atoms with Crippen LogP contribution in [0.5, 0.6) is 5.75 Å². The highest BCUT2D eigenvalue weighted by molar-refractivity contribution is 6.29. The molecule has 9 heteroatoms. The third-order valence-electron chi connectivity index (χ3n) is 3.74. The molecule has 0 aliphatic heterocycles. The summed E-state index contributed by atoms with van der Waals surface area (Å²) < 4.78 is 29.5. The first-order valence-corrected chi connectivity index (χ1v) is 8.44. The van der Waals surface area contributed by atoms with Crippen LogP contribution in [0.2, 0.25) is 5.15 Å². The summed E-state index contributed by atoms with van der Waals surface area (Å²) in [5, 5.41) is 22.8. The zero-order chi connectivity index (χ0) is 21.9. The Balaban J connectivity index is 2.01. The number of benzene rings is 1. The number of hydrogen-bond acceptors (Lipinski definition) is 7. The Morgan fingerprint density at radius 2 is 2.15 bits per heavy atom. The lowest BCUT2D eigenvalue weighted by Crippen LogP contribution is -2.21. The molecule has 142 valence electrons. The van der Waals surface area contributed by atoms with Crippen molar-refractivity contribution in [2.24, 2.45) is 6.98 Å². The number of ether oxygens (including phenoxy) is 1. The van der Waals surface area contributed by atoms with Gasteiger partial charge in [-0.25, -0.2) is 9.97 Å². The lowest BCUT2D eigenvalue weighted by atomic mass is 10.0. The van der Waals surface area contributed by atoms with Crippen molar-refractivity contribution in [1.29, 1.82) is 0 Å². The van der Waals surface area contributed by atoms with Crippen LogP contribution in [0.1, 0.15) is 15.2 Å². The lowest BCUT2D eigenvalue weighted by Gasteiger charge is -2.13. The number of aliphatic hydroxyl groups is 2. The Kier molecular flexibility index (Phi) is 4.75. The van der Waals surface area contributed by atoms with Crippen LogP contribution in [0, 0.1) is 0 Å². The average Bonchev–Trinajstić information content (AvgIpc) is 3.10. The van der Waals surface area contributed by atoms with E-state index in [4.69, 9.17) is 31.3 Å². The second-order valence-corrected chi connectivity index (χ2v) is 6.20. The van der Waals surface area contributed by atoms with Gasteiger partial charge in [-0.05, 0) is 11.6 Å². The zero-order valence-electron chi connectivity index (χ0n) is 17.2. The largest absolute Gasteiger partial charge is 0.491 e. The van der Waals surface area contributed by atoms with Gasteiger partial charge in [0.15, 0.2) is 0 Å². The second kappa shape index (κ2) is 8.34. The summed E-state index contributed by atoms with van der Waals surface area (Å²) >= 11 is 5.98. The first-order valence-electron chi connectivity index (χ1n) is 9.56. The number of hydrogen-bond donors (Lipinski definition) is 3. The van der Waals surface area contributed by atoms with Crippen LogP contribution in [-0.2, 0) is 13.4 Å². The summed E-state index contributed by atoms with van der Waals surface area (Å²) in [5.74, 6) is 0.423. The van der Waals surface area contributed by atoms with E-state index in [0.29, 0.717) is 22.7 Å². The van der Waals surface area contributed by atoms with Crippen LogP contribution in [-0.4, -0.2) is 49.3 Å². The van der Waals surface area contributed by atoms with E-state index in [1.54, 1.807) is 24.3 Å². The van der Waals surface area contributed by atoms with E-state index in [1.807, 2.05) is 0 Å². The minimum absolute atomic E-state index is 0.0615. The van der Waals surface area contributed by atoms with Gasteiger partial charge >= 0.3 is 0 Å². The maximum absolute atomic E-state index is 9.55. The van der Waals surface area contributed by atoms with Gasteiger partial charge in [-0.2, -0.15) is 5.10 Å². The van der Waals surface area contributed by atoms with Crippen molar-refractivity contribution in [2.75, 3.05) is 18.9 Å². The quantitative estimate of drug-likeness (QED) is 0.520. The summed E-state index contributed by atoms with van der Waals surface area (Å²) in [6, 6.07) is 8.54. The van der Waals surface area contributed by atoms with E-state index in [2.05, 4.69) is 15.1 Å². The van der Waals surface area contributed by atoms with Gasteiger partial charge in [0, 0.05) is 35.3 Å². The summed E-state index contributed by atoms with van der Waals surface area (Å²) in [4.78, 5) is 7.94. The fourth-order valence-corrected chi connectivity index (χ4v) is 2.74. The van der Waals surface area contributed by atoms with Gasteiger partial charge in [-0.15, -0.1) is 0 Å². The normalized spacial score (nSPS) is 14.3. The second-order valence-electron chi connectivity index (χ2n) is 5.81. The topological polar surface area (TPSA) is 119 Å². The summed E-state index contributed by atoms with van der Waals surface area (Å²) in [6.45, 7) is -3.00. The molecule has 0 saturated carbocycles. The number of nitrogens with two attached hydrogens (primary N) is 1. The van der Waals surface area contributed by atoms with E-state index < -0.39 is 19.7 Å². The zero-order valence-corrected chi connectivity index (χ0v) is 15.0. The van der Waals surface area contributed by atoms with Crippen LogP contribution in [0.25, 0.3) is 11.4 Å². The third kappa shape index (κ3) is 4.73. The lowest BCUT2D eigenvalue weighted by molar-refractivity contribution is 0.0533. The predicted molar refractivity (Wildman–Crippen MR) is 101 cm³/mol.